The molecule has 104 valence electrons. The van der Waals surface area contributed by atoms with Gasteiger partial charge in [-0.2, -0.15) is 0 Å². The zero-order chi connectivity index (χ0) is 14.7. The smallest absolute Gasteiger partial charge is 0.259 e. The first-order valence-corrected chi connectivity index (χ1v) is 5.68. The number of halogens is 1. The van der Waals surface area contributed by atoms with Crippen molar-refractivity contribution in [1.29, 1.82) is 0 Å². The number of rotatable bonds is 3. The number of methoxy groups -OCH3 is 1. The summed E-state index contributed by atoms with van der Waals surface area (Å²) in [6, 6.07) is 7.46. The summed E-state index contributed by atoms with van der Waals surface area (Å²) in [5.41, 5.74) is 0.312. The zero-order valence-corrected chi connectivity index (χ0v) is 10.6. The standard InChI is InChI=1S/C14H12FNO4/c1-20-13-6-8(2-5-11(13)15)16-14(19)10-4-3-9(17)7-12(10)18/h2-7,17-18H,1H3,(H,16,19). The molecule has 20 heavy (non-hydrogen) atoms. The third kappa shape index (κ3) is 2.80. The summed E-state index contributed by atoms with van der Waals surface area (Å²) in [5, 5.41) is 21.2. The fraction of sp³-hybridized carbons (Fsp3) is 0.0714. The van der Waals surface area contributed by atoms with Gasteiger partial charge in [-0.25, -0.2) is 4.39 Å². The average Bonchev–Trinajstić information content (AvgIpc) is 2.40. The van der Waals surface area contributed by atoms with Crippen molar-refractivity contribution >= 4 is 11.6 Å². The van der Waals surface area contributed by atoms with Gasteiger partial charge in [0.1, 0.15) is 11.5 Å². The number of carbonyl (C=O) groups excluding carboxylic acids is 1. The molecule has 0 aromatic heterocycles. The number of anilines is 1. The molecule has 0 unspecified atom stereocenters. The molecule has 0 spiro atoms. The highest BCUT2D eigenvalue weighted by Gasteiger charge is 2.13. The normalized spacial score (nSPS) is 10.1. The van der Waals surface area contributed by atoms with E-state index in [9.17, 15) is 14.3 Å². The molecule has 2 rings (SSSR count). The van der Waals surface area contributed by atoms with E-state index in [1.165, 1.54) is 31.4 Å². The van der Waals surface area contributed by atoms with E-state index in [2.05, 4.69) is 5.32 Å². The van der Waals surface area contributed by atoms with Crippen LogP contribution in [0.5, 0.6) is 17.2 Å². The van der Waals surface area contributed by atoms with Crippen molar-refractivity contribution in [3.05, 3.63) is 47.8 Å². The lowest BCUT2D eigenvalue weighted by atomic mass is 10.1. The fourth-order valence-electron chi connectivity index (χ4n) is 1.65. The van der Waals surface area contributed by atoms with Crippen molar-refractivity contribution in [2.24, 2.45) is 0 Å². The van der Waals surface area contributed by atoms with Gasteiger partial charge in [0.05, 0.1) is 12.7 Å². The third-order valence-corrected chi connectivity index (χ3v) is 2.63. The van der Waals surface area contributed by atoms with Crippen molar-refractivity contribution in [3.63, 3.8) is 0 Å². The molecule has 3 N–H and O–H groups in total. The number of aromatic hydroxyl groups is 2. The van der Waals surface area contributed by atoms with E-state index in [-0.39, 0.29) is 22.8 Å². The summed E-state index contributed by atoms with van der Waals surface area (Å²) >= 11 is 0. The first-order valence-electron chi connectivity index (χ1n) is 5.68. The Kier molecular flexibility index (Phi) is 3.74. The van der Waals surface area contributed by atoms with Crippen molar-refractivity contribution < 1.29 is 24.1 Å². The van der Waals surface area contributed by atoms with Crippen LogP contribution in [0.3, 0.4) is 0 Å². The molecule has 0 saturated heterocycles. The van der Waals surface area contributed by atoms with Gasteiger partial charge >= 0.3 is 0 Å². The van der Waals surface area contributed by atoms with Crippen LogP contribution in [0.15, 0.2) is 36.4 Å². The first kappa shape index (κ1) is 13.7. The molecule has 0 aliphatic rings. The monoisotopic (exact) mass is 277 g/mol. The molecule has 2 aromatic rings. The molecule has 0 aliphatic heterocycles. The number of benzene rings is 2. The Bertz CT molecular complexity index is 658. The Hall–Kier alpha value is -2.76. The third-order valence-electron chi connectivity index (χ3n) is 2.63. The lowest BCUT2D eigenvalue weighted by Gasteiger charge is -2.09. The van der Waals surface area contributed by atoms with E-state index in [0.717, 1.165) is 12.1 Å². The molecule has 1 amide bonds. The second-order valence-electron chi connectivity index (χ2n) is 4.00. The topological polar surface area (TPSA) is 78.8 Å². The number of hydrogen-bond donors (Lipinski definition) is 3. The minimum absolute atomic E-state index is 0.00210. The lowest BCUT2D eigenvalue weighted by molar-refractivity contribution is 0.102. The number of ether oxygens (including phenoxy) is 1. The Balaban J connectivity index is 2.23. The number of amides is 1. The summed E-state index contributed by atoms with van der Waals surface area (Å²) in [5.74, 6) is -1.63. The van der Waals surface area contributed by atoms with Gasteiger partial charge in [0.2, 0.25) is 0 Å². The second kappa shape index (κ2) is 5.48. The molecule has 5 nitrogen and oxygen atoms in total. The van der Waals surface area contributed by atoms with E-state index in [0.29, 0.717) is 5.69 Å². The van der Waals surface area contributed by atoms with E-state index < -0.39 is 11.7 Å². The largest absolute Gasteiger partial charge is 0.508 e. The van der Waals surface area contributed by atoms with Crippen molar-refractivity contribution in [3.8, 4) is 17.2 Å². The maximum absolute atomic E-state index is 13.2. The Labute approximate surface area is 114 Å². The van der Waals surface area contributed by atoms with Gasteiger partial charge in [-0.1, -0.05) is 0 Å². The number of phenols is 2. The van der Waals surface area contributed by atoms with E-state index in [4.69, 9.17) is 9.84 Å². The van der Waals surface area contributed by atoms with Crippen molar-refractivity contribution in [2.45, 2.75) is 0 Å². The maximum Gasteiger partial charge on any atom is 0.259 e. The van der Waals surface area contributed by atoms with Crippen LogP contribution in [0.2, 0.25) is 0 Å². The maximum atomic E-state index is 13.2. The molecular weight excluding hydrogens is 265 g/mol. The number of nitrogens with one attached hydrogen (secondary N) is 1. The van der Waals surface area contributed by atoms with Gasteiger partial charge in [-0.05, 0) is 24.3 Å². The van der Waals surface area contributed by atoms with Crippen LogP contribution in [-0.4, -0.2) is 23.2 Å². The summed E-state index contributed by atoms with van der Waals surface area (Å²) in [7, 11) is 1.32. The Morgan fingerprint density at radius 3 is 2.60 bits per heavy atom. The summed E-state index contributed by atoms with van der Waals surface area (Å²) < 4.78 is 18.0. The zero-order valence-electron chi connectivity index (χ0n) is 10.6. The van der Waals surface area contributed by atoms with Crippen LogP contribution in [-0.2, 0) is 0 Å². The van der Waals surface area contributed by atoms with Gasteiger partial charge < -0.3 is 20.3 Å². The molecule has 6 heteroatoms. The molecule has 0 fully saturated rings. The highest BCUT2D eigenvalue weighted by Crippen LogP contribution is 2.25. The predicted molar refractivity (Wildman–Crippen MR) is 70.7 cm³/mol. The number of phenolic OH excluding ortho intramolecular Hbond substituents is 2. The highest BCUT2D eigenvalue weighted by atomic mass is 19.1. The SMILES string of the molecule is COc1cc(NC(=O)c2ccc(O)cc2O)ccc1F. The van der Waals surface area contributed by atoms with E-state index in [1.807, 2.05) is 0 Å². The van der Waals surface area contributed by atoms with Crippen molar-refractivity contribution in [2.75, 3.05) is 12.4 Å². The van der Waals surface area contributed by atoms with E-state index >= 15 is 0 Å². The van der Waals surface area contributed by atoms with Crippen molar-refractivity contribution in [1.82, 2.24) is 0 Å². The molecule has 0 aliphatic carbocycles. The van der Waals surface area contributed by atoms with Gasteiger partial charge in [-0.3, -0.25) is 4.79 Å². The van der Waals surface area contributed by atoms with Gasteiger partial charge in [0.15, 0.2) is 11.6 Å². The van der Waals surface area contributed by atoms with Crippen LogP contribution >= 0.6 is 0 Å². The molecule has 2 aromatic carbocycles. The van der Waals surface area contributed by atoms with Crippen LogP contribution < -0.4 is 10.1 Å². The highest BCUT2D eigenvalue weighted by molar-refractivity contribution is 6.06. The molecule has 0 saturated carbocycles. The fourth-order valence-corrected chi connectivity index (χ4v) is 1.65. The summed E-state index contributed by atoms with van der Waals surface area (Å²) in [6.45, 7) is 0. The van der Waals surface area contributed by atoms with Gasteiger partial charge in [-0.15, -0.1) is 0 Å². The van der Waals surface area contributed by atoms with Gasteiger partial charge in [0, 0.05) is 17.8 Å². The van der Waals surface area contributed by atoms with E-state index in [1.54, 1.807) is 0 Å². The molecule has 0 atom stereocenters. The molecular formula is C14H12FNO4. The predicted octanol–water partition coefficient (Wildman–Crippen LogP) is 2.50. The van der Waals surface area contributed by atoms with Crippen LogP contribution in [0.4, 0.5) is 10.1 Å². The number of hydrogen-bond acceptors (Lipinski definition) is 4. The second-order valence-corrected chi connectivity index (χ2v) is 4.00. The Morgan fingerprint density at radius 1 is 1.20 bits per heavy atom. The Morgan fingerprint density at radius 2 is 1.95 bits per heavy atom. The first-order chi connectivity index (χ1) is 9.51. The molecule has 0 bridgehead atoms. The lowest BCUT2D eigenvalue weighted by Crippen LogP contribution is -2.12. The summed E-state index contributed by atoms with van der Waals surface area (Å²) in [4.78, 5) is 11.9. The van der Waals surface area contributed by atoms with Crippen LogP contribution in [0.1, 0.15) is 10.4 Å². The minimum atomic E-state index is -0.587. The molecule has 0 heterocycles. The quantitative estimate of drug-likeness (QED) is 0.805. The number of carbonyl (C=O) groups is 1. The van der Waals surface area contributed by atoms with Crippen LogP contribution in [0.25, 0.3) is 0 Å². The molecule has 0 radical (unpaired) electrons. The van der Waals surface area contributed by atoms with Crippen LogP contribution in [0, 0.1) is 5.82 Å². The minimum Gasteiger partial charge on any atom is -0.508 e. The average molecular weight is 277 g/mol. The summed E-state index contributed by atoms with van der Waals surface area (Å²) in [6.07, 6.45) is 0. The van der Waals surface area contributed by atoms with Gasteiger partial charge in [0.25, 0.3) is 5.91 Å².